The van der Waals surface area contributed by atoms with E-state index < -0.39 is 0 Å². The Kier molecular flexibility index (Phi) is 9.27. The molecule has 90 valence electrons. The molecule has 0 rings (SSSR count). The van der Waals surface area contributed by atoms with Gasteiger partial charge in [-0.2, -0.15) is 0 Å². The second-order valence-electron chi connectivity index (χ2n) is 3.53. The van der Waals surface area contributed by atoms with Crippen LogP contribution in [0.25, 0.3) is 0 Å². The zero-order chi connectivity index (χ0) is 11.5. The number of hydrogen-bond acceptors (Lipinski definition) is 2. The van der Waals surface area contributed by atoms with Crippen molar-refractivity contribution in [3.63, 3.8) is 0 Å². The second-order valence-corrected chi connectivity index (χ2v) is 3.53. The van der Waals surface area contributed by atoms with Crippen LogP contribution in [0, 0.1) is 0 Å². The van der Waals surface area contributed by atoms with Crippen molar-refractivity contribution in [3.8, 4) is 0 Å². The number of unbranched alkanes of at least 4 members (excludes halogenated alkanes) is 1. The lowest BCUT2D eigenvalue weighted by Gasteiger charge is -2.16. The van der Waals surface area contributed by atoms with Crippen molar-refractivity contribution in [1.82, 2.24) is 10.2 Å². The Bertz CT molecular complexity index is 169. The van der Waals surface area contributed by atoms with E-state index in [1.165, 1.54) is 0 Å². The summed E-state index contributed by atoms with van der Waals surface area (Å²) in [6.45, 7) is 7.54. The van der Waals surface area contributed by atoms with Crippen LogP contribution in [0.5, 0.6) is 0 Å². The highest BCUT2D eigenvalue weighted by molar-refractivity contribution is 5.79. The normalized spacial score (nSPS) is 11.6. The third-order valence-corrected chi connectivity index (χ3v) is 1.92. The summed E-state index contributed by atoms with van der Waals surface area (Å²) in [5.74, 6) is 0.967. The van der Waals surface area contributed by atoms with Crippen LogP contribution in [0.2, 0.25) is 0 Å². The molecule has 0 radical (unpaired) electrons. The van der Waals surface area contributed by atoms with E-state index in [0.29, 0.717) is 0 Å². The van der Waals surface area contributed by atoms with Crippen molar-refractivity contribution >= 4 is 5.96 Å². The zero-order valence-electron chi connectivity index (χ0n) is 10.5. The third kappa shape index (κ3) is 8.24. The van der Waals surface area contributed by atoms with Gasteiger partial charge < -0.3 is 15.0 Å². The van der Waals surface area contributed by atoms with E-state index in [0.717, 1.165) is 45.1 Å². The molecule has 0 aliphatic carbocycles. The van der Waals surface area contributed by atoms with Crippen molar-refractivity contribution in [2.75, 3.05) is 40.4 Å². The largest absolute Gasteiger partial charge is 0.382 e. The fraction of sp³-hybridized carbons (Fsp3) is 0.909. The molecule has 4 heteroatoms. The van der Waals surface area contributed by atoms with Gasteiger partial charge in [-0.3, -0.25) is 4.99 Å². The quantitative estimate of drug-likeness (QED) is 0.395. The molecule has 0 spiro atoms. The summed E-state index contributed by atoms with van der Waals surface area (Å²) < 4.78 is 5.26. The van der Waals surface area contributed by atoms with Crippen LogP contribution in [0.1, 0.15) is 26.7 Å². The summed E-state index contributed by atoms with van der Waals surface area (Å²) in [6.07, 6.45) is 2.17. The Labute approximate surface area is 93.7 Å². The van der Waals surface area contributed by atoms with Crippen molar-refractivity contribution < 1.29 is 4.74 Å². The van der Waals surface area contributed by atoms with Gasteiger partial charge in [0.05, 0.1) is 0 Å². The van der Waals surface area contributed by atoms with E-state index in [1.54, 1.807) is 0 Å². The van der Waals surface area contributed by atoms with Crippen LogP contribution in [0.4, 0.5) is 0 Å². The molecule has 0 aliphatic heterocycles. The highest BCUT2D eigenvalue weighted by atomic mass is 16.5. The minimum atomic E-state index is 0.809. The van der Waals surface area contributed by atoms with Crippen molar-refractivity contribution in [3.05, 3.63) is 0 Å². The van der Waals surface area contributed by atoms with Crippen molar-refractivity contribution in [2.45, 2.75) is 26.7 Å². The summed E-state index contributed by atoms with van der Waals surface area (Å²) in [7, 11) is 4.00. The molecule has 0 aromatic rings. The lowest BCUT2D eigenvalue weighted by atomic mass is 10.3. The molecule has 0 atom stereocenters. The second kappa shape index (κ2) is 9.77. The molecule has 1 N–H and O–H groups in total. The maximum atomic E-state index is 5.26. The predicted octanol–water partition coefficient (Wildman–Crippen LogP) is 1.33. The van der Waals surface area contributed by atoms with E-state index in [4.69, 9.17) is 4.74 Å². The first kappa shape index (κ1) is 14.2. The fourth-order valence-electron chi connectivity index (χ4n) is 1.16. The highest BCUT2D eigenvalue weighted by Gasteiger charge is 1.97. The van der Waals surface area contributed by atoms with E-state index in [2.05, 4.69) is 17.2 Å². The molecule has 4 nitrogen and oxygen atoms in total. The van der Waals surface area contributed by atoms with Gasteiger partial charge in [0, 0.05) is 40.4 Å². The first-order valence-electron chi connectivity index (χ1n) is 5.75. The summed E-state index contributed by atoms with van der Waals surface area (Å²) in [6, 6.07) is 0. The van der Waals surface area contributed by atoms with Gasteiger partial charge in [0.2, 0.25) is 0 Å². The van der Waals surface area contributed by atoms with Gasteiger partial charge in [0.25, 0.3) is 0 Å². The maximum Gasteiger partial charge on any atom is 0.193 e. The Morgan fingerprint density at radius 3 is 2.53 bits per heavy atom. The number of rotatable bonds is 7. The van der Waals surface area contributed by atoms with Gasteiger partial charge in [0.1, 0.15) is 0 Å². The maximum absolute atomic E-state index is 5.26. The van der Waals surface area contributed by atoms with E-state index in [9.17, 15) is 0 Å². The SMILES string of the molecule is CCNC(=NCCCCOCC)N(C)C. The van der Waals surface area contributed by atoms with E-state index in [-0.39, 0.29) is 0 Å². The summed E-state index contributed by atoms with van der Waals surface area (Å²) in [5, 5.41) is 3.23. The molecule has 0 fully saturated rings. The van der Waals surface area contributed by atoms with Gasteiger partial charge in [-0.05, 0) is 26.7 Å². The minimum absolute atomic E-state index is 0.809. The minimum Gasteiger partial charge on any atom is -0.382 e. The Morgan fingerprint density at radius 1 is 1.27 bits per heavy atom. The monoisotopic (exact) mass is 215 g/mol. The number of guanidine groups is 1. The van der Waals surface area contributed by atoms with Crippen molar-refractivity contribution in [2.24, 2.45) is 4.99 Å². The Morgan fingerprint density at radius 2 is 2.00 bits per heavy atom. The molecule has 0 unspecified atom stereocenters. The smallest absolute Gasteiger partial charge is 0.193 e. The van der Waals surface area contributed by atoms with Crippen LogP contribution in [-0.4, -0.2) is 51.3 Å². The zero-order valence-corrected chi connectivity index (χ0v) is 10.5. The number of aliphatic imine (C=N–C) groups is 1. The summed E-state index contributed by atoms with van der Waals surface area (Å²) >= 11 is 0. The molecule has 0 aromatic heterocycles. The lowest BCUT2D eigenvalue weighted by molar-refractivity contribution is 0.144. The molecule has 0 saturated heterocycles. The van der Waals surface area contributed by atoms with Crippen LogP contribution < -0.4 is 5.32 Å². The van der Waals surface area contributed by atoms with Gasteiger partial charge in [-0.15, -0.1) is 0 Å². The number of hydrogen-bond donors (Lipinski definition) is 1. The summed E-state index contributed by atoms with van der Waals surface area (Å²) in [5.41, 5.74) is 0. The molecule has 0 heterocycles. The first-order valence-corrected chi connectivity index (χ1v) is 5.75. The molecule has 0 saturated carbocycles. The Hall–Kier alpha value is -0.770. The van der Waals surface area contributed by atoms with Gasteiger partial charge in [-0.25, -0.2) is 0 Å². The van der Waals surface area contributed by atoms with Gasteiger partial charge >= 0.3 is 0 Å². The number of ether oxygens (including phenoxy) is 1. The predicted molar refractivity (Wildman–Crippen MR) is 65.4 cm³/mol. The number of nitrogens with zero attached hydrogens (tertiary/aromatic N) is 2. The van der Waals surface area contributed by atoms with E-state index in [1.807, 2.05) is 25.9 Å². The fourth-order valence-corrected chi connectivity index (χ4v) is 1.16. The van der Waals surface area contributed by atoms with Crippen LogP contribution in [-0.2, 0) is 4.74 Å². The van der Waals surface area contributed by atoms with Gasteiger partial charge in [-0.1, -0.05) is 0 Å². The average molecular weight is 215 g/mol. The lowest BCUT2D eigenvalue weighted by Crippen LogP contribution is -2.36. The standard InChI is InChI=1S/C11H25N3O/c1-5-12-11(14(3)4)13-9-7-8-10-15-6-2/h5-10H2,1-4H3,(H,12,13). The average Bonchev–Trinajstić information content (AvgIpc) is 2.21. The molecule has 0 aromatic carbocycles. The van der Waals surface area contributed by atoms with Crippen LogP contribution >= 0.6 is 0 Å². The first-order chi connectivity index (χ1) is 7.22. The van der Waals surface area contributed by atoms with Crippen molar-refractivity contribution in [1.29, 1.82) is 0 Å². The Balaban J connectivity index is 3.61. The molecule has 0 amide bonds. The molecule has 15 heavy (non-hydrogen) atoms. The number of nitrogens with one attached hydrogen (secondary N) is 1. The highest BCUT2D eigenvalue weighted by Crippen LogP contribution is 1.92. The van der Waals surface area contributed by atoms with Crippen LogP contribution in [0.3, 0.4) is 0 Å². The molecular formula is C11H25N3O. The topological polar surface area (TPSA) is 36.9 Å². The summed E-state index contributed by atoms with van der Waals surface area (Å²) in [4.78, 5) is 6.49. The molecule has 0 aliphatic rings. The molecule has 0 bridgehead atoms. The van der Waals surface area contributed by atoms with Gasteiger partial charge in [0.15, 0.2) is 5.96 Å². The molecular weight excluding hydrogens is 190 g/mol. The third-order valence-electron chi connectivity index (χ3n) is 1.92. The van der Waals surface area contributed by atoms with E-state index >= 15 is 0 Å². The van der Waals surface area contributed by atoms with Crippen LogP contribution in [0.15, 0.2) is 4.99 Å².